The van der Waals surface area contributed by atoms with Gasteiger partial charge >= 0.3 is 6.09 Å². The molecule has 4 rings (SSSR count). The molecule has 8 nitrogen and oxygen atoms in total. The first kappa shape index (κ1) is 24.6. The van der Waals surface area contributed by atoms with Crippen molar-refractivity contribution in [1.82, 2.24) is 15.1 Å². The van der Waals surface area contributed by atoms with Crippen molar-refractivity contribution in [2.45, 2.75) is 58.5 Å². The number of rotatable bonds is 7. The number of benzene rings is 1. The fourth-order valence-corrected chi connectivity index (χ4v) is 5.75. The van der Waals surface area contributed by atoms with Gasteiger partial charge in [-0.2, -0.15) is 0 Å². The fourth-order valence-electron chi connectivity index (χ4n) is 5.75. The smallest absolute Gasteiger partial charge is 0.409 e. The van der Waals surface area contributed by atoms with E-state index in [1.54, 1.807) is 19.1 Å². The van der Waals surface area contributed by atoms with E-state index in [1.165, 1.54) is 5.56 Å². The van der Waals surface area contributed by atoms with Crippen LogP contribution in [-0.2, 0) is 16.1 Å². The Morgan fingerprint density at radius 2 is 1.79 bits per heavy atom. The molecular weight excluding hydrogens is 434 g/mol. The molecule has 1 spiro atoms. The van der Waals surface area contributed by atoms with Crippen LogP contribution in [0.3, 0.4) is 0 Å². The molecule has 3 fully saturated rings. The van der Waals surface area contributed by atoms with Crippen molar-refractivity contribution in [3.8, 4) is 11.5 Å². The summed E-state index contributed by atoms with van der Waals surface area (Å²) in [6.45, 7) is 8.36. The minimum absolute atomic E-state index is 0.135. The van der Waals surface area contributed by atoms with Gasteiger partial charge in [-0.15, -0.1) is 0 Å². The van der Waals surface area contributed by atoms with Crippen LogP contribution in [0, 0.1) is 18.3 Å². The van der Waals surface area contributed by atoms with Gasteiger partial charge in [0, 0.05) is 42.7 Å². The minimum atomic E-state index is -0.248. The minimum Gasteiger partial charge on any atom is -0.496 e. The molecule has 0 unspecified atom stereocenters. The van der Waals surface area contributed by atoms with Crippen molar-refractivity contribution >= 4 is 12.0 Å². The first-order valence-corrected chi connectivity index (χ1v) is 12.6. The number of amides is 2. The van der Waals surface area contributed by atoms with Gasteiger partial charge in [0.05, 0.1) is 20.8 Å². The third-order valence-electron chi connectivity index (χ3n) is 7.98. The molecular formula is C26H39N3O5. The topological polar surface area (TPSA) is 80.3 Å². The molecule has 2 aliphatic heterocycles. The average Bonchev–Trinajstić information content (AvgIpc) is 3.55. The van der Waals surface area contributed by atoms with Crippen LogP contribution in [0.1, 0.15) is 50.2 Å². The molecule has 1 saturated carbocycles. The van der Waals surface area contributed by atoms with Crippen LogP contribution in [0.4, 0.5) is 4.79 Å². The molecule has 0 bridgehead atoms. The van der Waals surface area contributed by atoms with Crippen LogP contribution in [-0.4, -0.2) is 74.8 Å². The number of nitrogens with one attached hydrogen (secondary N) is 1. The molecule has 188 valence electrons. The van der Waals surface area contributed by atoms with E-state index in [1.807, 2.05) is 19.9 Å². The highest BCUT2D eigenvalue weighted by Gasteiger charge is 2.58. The van der Waals surface area contributed by atoms with Gasteiger partial charge in [-0.3, -0.25) is 9.69 Å². The first-order valence-electron chi connectivity index (χ1n) is 12.6. The summed E-state index contributed by atoms with van der Waals surface area (Å²) in [5.41, 5.74) is 2.38. The zero-order chi connectivity index (χ0) is 24.3. The van der Waals surface area contributed by atoms with Crippen LogP contribution in [0.25, 0.3) is 0 Å². The molecule has 1 aromatic carbocycles. The summed E-state index contributed by atoms with van der Waals surface area (Å²) in [7, 11) is 3.39. The summed E-state index contributed by atoms with van der Waals surface area (Å²) in [4.78, 5) is 29.0. The monoisotopic (exact) mass is 473 g/mol. The molecule has 0 aromatic heterocycles. The lowest BCUT2D eigenvalue weighted by atomic mass is 9.90. The van der Waals surface area contributed by atoms with E-state index in [0.717, 1.165) is 68.8 Å². The van der Waals surface area contributed by atoms with Crippen molar-refractivity contribution in [2.24, 2.45) is 11.3 Å². The fraction of sp³-hybridized carbons (Fsp3) is 0.692. The Balaban J connectivity index is 1.24. The van der Waals surface area contributed by atoms with Crippen LogP contribution >= 0.6 is 0 Å². The molecule has 1 atom stereocenters. The van der Waals surface area contributed by atoms with E-state index >= 15 is 0 Å². The van der Waals surface area contributed by atoms with Gasteiger partial charge in [0.25, 0.3) is 0 Å². The second-order valence-corrected chi connectivity index (χ2v) is 9.95. The van der Waals surface area contributed by atoms with E-state index in [2.05, 4.69) is 16.3 Å². The van der Waals surface area contributed by atoms with Crippen molar-refractivity contribution in [3.05, 3.63) is 23.3 Å². The van der Waals surface area contributed by atoms with E-state index in [4.69, 9.17) is 14.2 Å². The lowest BCUT2D eigenvalue weighted by Gasteiger charge is -2.34. The van der Waals surface area contributed by atoms with Gasteiger partial charge in [0.2, 0.25) is 5.91 Å². The second kappa shape index (κ2) is 10.4. The summed E-state index contributed by atoms with van der Waals surface area (Å²) < 4.78 is 16.2. The SMILES string of the molecule is CCOC(=O)N1CCC(NC(=O)[C@@H]2CC23CCN(Cc2ccc(OC)c(C)c2OC)CC3)CC1. The highest BCUT2D eigenvalue weighted by Crippen LogP contribution is 2.59. The Morgan fingerprint density at radius 3 is 2.41 bits per heavy atom. The standard InChI is InChI=1S/C26H39N3O5/c1-5-34-25(31)29-12-8-20(9-13-29)27-24(30)21-16-26(21)10-14-28(15-11-26)17-19-6-7-22(32-3)18(2)23(19)33-4/h6-7,20-21H,5,8-17H2,1-4H3,(H,27,30)/t21-/m0/s1. The number of likely N-dealkylation sites (tertiary alicyclic amines) is 2. The van der Waals surface area contributed by atoms with Crippen molar-refractivity contribution in [3.63, 3.8) is 0 Å². The normalized spacial score (nSPS) is 22.4. The lowest BCUT2D eigenvalue weighted by molar-refractivity contribution is -0.124. The Bertz CT molecular complexity index is 889. The Hall–Kier alpha value is -2.48. The summed E-state index contributed by atoms with van der Waals surface area (Å²) in [5.74, 6) is 2.08. The summed E-state index contributed by atoms with van der Waals surface area (Å²) >= 11 is 0. The Labute approximate surface area is 202 Å². The molecule has 8 heteroatoms. The molecule has 2 amide bonds. The third kappa shape index (κ3) is 5.11. The zero-order valence-corrected chi connectivity index (χ0v) is 21.0. The molecule has 2 saturated heterocycles. The Kier molecular flexibility index (Phi) is 7.55. The molecule has 0 radical (unpaired) electrons. The van der Waals surface area contributed by atoms with Crippen LogP contribution < -0.4 is 14.8 Å². The van der Waals surface area contributed by atoms with Crippen LogP contribution in [0.15, 0.2) is 12.1 Å². The van der Waals surface area contributed by atoms with E-state index < -0.39 is 0 Å². The molecule has 1 aromatic rings. The molecule has 1 N–H and O–H groups in total. The third-order valence-corrected chi connectivity index (χ3v) is 7.98. The maximum Gasteiger partial charge on any atom is 0.409 e. The predicted octanol–water partition coefficient (Wildman–Crippen LogP) is 3.35. The van der Waals surface area contributed by atoms with Crippen molar-refractivity contribution < 1.29 is 23.8 Å². The zero-order valence-electron chi connectivity index (χ0n) is 21.0. The van der Waals surface area contributed by atoms with Crippen molar-refractivity contribution in [1.29, 1.82) is 0 Å². The van der Waals surface area contributed by atoms with Crippen molar-refractivity contribution in [2.75, 3.05) is 47.0 Å². The van der Waals surface area contributed by atoms with Gasteiger partial charge in [-0.05, 0) is 70.5 Å². The first-order chi connectivity index (χ1) is 16.4. The number of piperidine rings is 2. The summed E-state index contributed by atoms with van der Waals surface area (Å²) in [5, 5.41) is 3.27. The summed E-state index contributed by atoms with van der Waals surface area (Å²) in [6.07, 6.45) is 4.46. The highest BCUT2D eigenvalue weighted by atomic mass is 16.6. The number of carbonyl (C=O) groups excluding carboxylic acids is 2. The Morgan fingerprint density at radius 1 is 1.09 bits per heavy atom. The number of carbonyl (C=O) groups is 2. The second-order valence-electron chi connectivity index (χ2n) is 9.95. The number of hydrogen-bond donors (Lipinski definition) is 1. The largest absolute Gasteiger partial charge is 0.496 e. The maximum atomic E-state index is 13.0. The molecule has 1 aliphatic carbocycles. The highest BCUT2D eigenvalue weighted by molar-refractivity contribution is 5.83. The number of methoxy groups -OCH3 is 2. The van der Waals surface area contributed by atoms with E-state index in [0.29, 0.717) is 19.7 Å². The van der Waals surface area contributed by atoms with Crippen LogP contribution in [0.2, 0.25) is 0 Å². The van der Waals surface area contributed by atoms with Gasteiger partial charge in [-0.25, -0.2) is 4.79 Å². The summed E-state index contributed by atoms with van der Waals surface area (Å²) in [6, 6.07) is 4.26. The van der Waals surface area contributed by atoms with Gasteiger partial charge in [0.1, 0.15) is 11.5 Å². The molecule has 34 heavy (non-hydrogen) atoms. The number of ether oxygens (including phenoxy) is 3. The predicted molar refractivity (Wildman–Crippen MR) is 129 cm³/mol. The van der Waals surface area contributed by atoms with E-state index in [9.17, 15) is 9.59 Å². The lowest BCUT2D eigenvalue weighted by Crippen LogP contribution is -2.47. The van der Waals surface area contributed by atoms with Crippen LogP contribution in [0.5, 0.6) is 11.5 Å². The number of nitrogens with zero attached hydrogens (tertiary/aromatic N) is 2. The number of hydrogen-bond acceptors (Lipinski definition) is 6. The van der Waals surface area contributed by atoms with E-state index in [-0.39, 0.29) is 29.4 Å². The maximum absolute atomic E-state index is 13.0. The van der Waals surface area contributed by atoms with Gasteiger partial charge in [0.15, 0.2) is 0 Å². The van der Waals surface area contributed by atoms with Gasteiger partial charge < -0.3 is 24.4 Å². The molecule has 2 heterocycles. The average molecular weight is 474 g/mol. The quantitative estimate of drug-likeness (QED) is 0.654. The van der Waals surface area contributed by atoms with Gasteiger partial charge in [-0.1, -0.05) is 6.07 Å². The molecule has 3 aliphatic rings.